The molecule has 0 heterocycles. The molecule has 0 aliphatic heterocycles. The molecule has 1 nitrogen and oxygen atoms in total. The number of halogens is 4. The molecule has 0 saturated heterocycles. The number of hydrogen-bond donors (Lipinski definition) is 0. The van der Waals surface area contributed by atoms with Crippen LogP contribution in [0.5, 0.6) is 0 Å². The molecule has 62 valence electrons. The Bertz CT molecular complexity index is 105. The minimum atomic E-state index is -3.81. The van der Waals surface area contributed by atoms with E-state index in [0.717, 1.165) is 6.92 Å². The highest BCUT2D eigenvalue weighted by atomic mass is 19.3. The van der Waals surface area contributed by atoms with Gasteiger partial charge in [0.15, 0.2) is 0 Å². The first-order chi connectivity index (χ1) is 4.37. The molecular weight excluding hydrogens is 152 g/mol. The quantitative estimate of drug-likeness (QED) is 0.576. The van der Waals surface area contributed by atoms with E-state index in [9.17, 15) is 17.7 Å². The van der Waals surface area contributed by atoms with Gasteiger partial charge in [-0.15, -0.1) is 4.94 Å². The van der Waals surface area contributed by atoms with E-state index in [1.807, 2.05) is 0 Å². The van der Waals surface area contributed by atoms with Crippen LogP contribution in [0.2, 0.25) is 0 Å². The van der Waals surface area contributed by atoms with Crippen molar-refractivity contribution in [1.82, 2.24) is 0 Å². The third-order valence-corrected chi connectivity index (χ3v) is 1.23. The molecule has 0 aromatic heterocycles. The lowest BCUT2D eigenvalue weighted by Crippen LogP contribution is -2.41. The number of alkyl halides is 3. The van der Waals surface area contributed by atoms with Gasteiger partial charge in [-0.2, -0.15) is 0 Å². The van der Waals surface area contributed by atoms with Gasteiger partial charge in [0.2, 0.25) is 0 Å². The molecule has 0 radical (unpaired) electrons. The lowest BCUT2D eigenvalue weighted by molar-refractivity contribution is -0.363. The molecule has 1 unspecified atom stereocenters. The zero-order chi connectivity index (χ0) is 8.41. The Morgan fingerprint density at radius 2 is 1.70 bits per heavy atom. The zero-order valence-corrected chi connectivity index (χ0v) is 5.63. The van der Waals surface area contributed by atoms with Crippen molar-refractivity contribution in [3.8, 4) is 0 Å². The monoisotopic (exact) mass is 160 g/mol. The van der Waals surface area contributed by atoms with Gasteiger partial charge in [-0.3, -0.25) is 0 Å². The van der Waals surface area contributed by atoms with Crippen molar-refractivity contribution < 1.29 is 22.6 Å². The van der Waals surface area contributed by atoms with Crippen LogP contribution >= 0.6 is 0 Å². The van der Waals surface area contributed by atoms with Gasteiger partial charge in [-0.05, 0) is 4.53 Å². The van der Waals surface area contributed by atoms with Gasteiger partial charge in [0.05, 0.1) is 0 Å². The molecule has 0 bridgehead atoms. The second-order valence-electron chi connectivity index (χ2n) is 2.05. The van der Waals surface area contributed by atoms with Gasteiger partial charge in [0, 0.05) is 13.3 Å². The van der Waals surface area contributed by atoms with Gasteiger partial charge >= 0.3 is 11.8 Å². The van der Waals surface area contributed by atoms with Crippen molar-refractivity contribution in [1.29, 1.82) is 0 Å². The Labute approximate surface area is 55.9 Å². The molecule has 1 atom stereocenters. The normalized spacial score (nSPS) is 18.6. The lowest BCUT2D eigenvalue weighted by Gasteiger charge is -2.24. The molecule has 0 aromatic carbocycles. The molecule has 10 heavy (non-hydrogen) atoms. The van der Waals surface area contributed by atoms with E-state index in [0.29, 0.717) is 0 Å². The molecule has 0 amide bonds. The summed E-state index contributed by atoms with van der Waals surface area (Å²) in [6.45, 7) is 1.33. The second kappa shape index (κ2) is 2.74. The van der Waals surface area contributed by atoms with Gasteiger partial charge in [-0.1, -0.05) is 6.92 Å². The van der Waals surface area contributed by atoms with Gasteiger partial charge in [-0.25, -0.2) is 13.2 Å². The maximum Gasteiger partial charge on any atom is 0.307 e. The molecule has 0 aliphatic rings. The van der Waals surface area contributed by atoms with E-state index in [-0.39, 0.29) is 6.92 Å². The predicted molar refractivity (Wildman–Crippen MR) is 26.9 cm³/mol. The van der Waals surface area contributed by atoms with Crippen LogP contribution in [0.3, 0.4) is 0 Å². The van der Waals surface area contributed by atoms with Gasteiger partial charge in [0.25, 0.3) is 0 Å². The Morgan fingerprint density at radius 3 is 1.70 bits per heavy atom. The van der Waals surface area contributed by atoms with Crippen LogP contribution in [0.1, 0.15) is 20.3 Å². The first kappa shape index (κ1) is 9.68. The van der Waals surface area contributed by atoms with E-state index in [1.165, 1.54) is 0 Å². The Balaban J connectivity index is 4.33. The minimum absolute atomic E-state index is 0.260. The fourth-order valence-corrected chi connectivity index (χ4v) is 0.433. The van der Waals surface area contributed by atoms with Crippen LogP contribution in [0.15, 0.2) is 0 Å². The maximum absolute atomic E-state index is 12.4. The summed E-state index contributed by atoms with van der Waals surface area (Å²) in [4.78, 5) is 2.53. The minimum Gasteiger partial charge on any atom is -0.202 e. The lowest BCUT2D eigenvalue weighted by atomic mass is 10.1. The molecule has 0 aliphatic carbocycles. The van der Waals surface area contributed by atoms with Crippen LogP contribution < -0.4 is 0 Å². The van der Waals surface area contributed by atoms with E-state index >= 15 is 0 Å². The largest absolute Gasteiger partial charge is 0.307 e. The fourth-order valence-electron chi connectivity index (χ4n) is 0.433. The summed E-state index contributed by atoms with van der Waals surface area (Å²) in [6.07, 6.45) is -0.729. The average Bonchev–Trinajstić information content (AvgIpc) is 1.84. The SMILES string of the molecule is CCC(F)(OF)C(C)(F)F. The predicted octanol–water partition coefficient (Wildman–Crippen LogP) is 2.62. The summed E-state index contributed by atoms with van der Waals surface area (Å²) in [5.41, 5.74) is 0. The number of hydrogen-bond acceptors (Lipinski definition) is 1. The summed E-state index contributed by atoms with van der Waals surface area (Å²) in [5.74, 6) is -7.29. The second-order valence-corrected chi connectivity index (χ2v) is 2.05. The highest BCUT2D eigenvalue weighted by Gasteiger charge is 2.52. The average molecular weight is 160 g/mol. The van der Waals surface area contributed by atoms with Crippen LogP contribution in [0.4, 0.5) is 17.7 Å². The van der Waals surface area contributed by atoms with Crippen LogP contribution in [-0.4, -0.2) is 11.8 Å². The van der Waals surface area contributed by atoms with Crippen molar-refractivity contribution in [2.24, 2.45) is 0 Å². The Morgan fingerprint density at radius 1 is 1.30 bits per heavy atom. The highest BCUT2D eigenvalue weighted by Crippen LogP contribution is 2.35. The van der Waals surface area contributed by atoms with E-state index in [4.69, 9.17) is 0 Å². The van der Waals surface area contributed by atoms with Crippen molar-refractivity contribution in [2.45, 2.75) is 32.0 Å². The van der Waals surface area contributed by atoms with Crippen molar-refractivity contribution in [3.05, 3.63) is 0 Å². The van der Waals surface area contributed by atoms with E-state index in [1.54, 1.807) is 0 Å². The van der Waals surface area contributed by atoms with E-state index in [2.05, 4.69) is 4.94 Å². The van der Waals surface area contributed by atoms with Crippen molar-refractivity contribution in [3.63, 3.8) is 0 Å². The van der Waals surface area contributed by atoms with Gasteiger partial charge < -0.3 is 0 Å². The summed E-state index contributed by atoms with van der Waals surface area (Å²) in [6, 6.07) is 0. The third-order valence-electron chi connectivity index (χ3n) is 1.23. The Hall–Kier alpha value is -0.320. The summed E-state index contributed by atoms with van der Waals surface area (Å²) < 4.78 is 47.7. The topological polar surface area (TPSA) is 9.23 Å². The first-order valence-corrected chi connectivity index (χ1v) is 2.74. The highest BCUT2D eigenvalue weighted by molar-refractivity contribution is 4.78. The molecule has 5 heteroatoms. The number of rotatable bonds is 3. The van der Waals surface area contributed by atoms with Gasteiger partial charge in [0.1, 0.15) is 0 Å². The molecule has 0 spiro atoms. The van der Waals surface area contributed by atoms with Crippen LogP contribution in [0, 0.1) is 0 Å². The molecule has 0 saturated carbocycles. The molecule has 0 fully saturated rings. The van der Waals surface area contributed by atoms with Crippen LogP contribution in [-0.2, 0) is 4.94 Å². The third kappa shape index (κ3) is 1.59. The zero-order valence-electron chi connectivity index (χ0n) is 5.63. The smallest absolute Gasteiger partial charge is 0.202 e. The summed E-state index contributed by atoms with van der Waals surface area (Å²) >= 11 is 0. The standard InChI is InChI=1S/C5H8F4O/c1-3-5(8,10-9)4(2,6)7/h3H2,1-2H3. The first-order valence-electron chi connectivity index (χ1n) is 2.74. The molecule has 0 aromatic rings. The molecule has 0 rings (SSSR count). The maximum atomic E-state index is 12.4. The Kier molecular flexibility index (Phi) is 2.65. The molecular formula is C5H8F4O. The summed E-state index contributed by atoms with van der Waals surface area (Å²) in [5, 5.41) is 0. The fraction of sp³-hybridized carbons (Fsp3) is 1.00. The van der Waals surface area contributed by atoms with Crippen molar-refractivity contribution in [2.75, 3.05) is 0 Å². The summed E-state index contributed by atoms with van der Waals surface area (Å²) in [7, 11) is 0. The van der Waals surface area contributed by atoms with E-state index < -0.39 is 18.2 Å². The van der Waals surface area contributed by atoms with Crippen molar-refractivity contribution >= 4 is 0 Å². The molecule has 0 N–H and O–H groups in total. The van der Waals surface area contributed by atoms with Crippen LogP contribution in [0.25, 0.3) is 0 Å².